The molecular weight excluding hydrogens is 196 g/mol. The Labute approximate surface area is 90.2 Å². The van der Waals surface area contributed by atoms with E-state index in [1.54, 1.807) is 13.8 Å². The van der Waals surface area contributed by atoms with Crippen molar-refractivity contribution in [3.05, 3.63) is 0 Å². The lowest BCUT2D eigenvalue weighted by atomic mass is 10.0. The number of nitrogens with one attached hydrogen (secondary N) is 2. The number of rotatable bonds is 7. The van der Waals surface area contributed by atoms with Crippen molar-refractivity contribution in [2.45, 2.75) is 32.7 Å². The van der Waals surface area contributed by atoms with E-state index < -0.39 is 11.9 Å². The predicted molar refractivity (Wildman–Crippen MR) is 57.6 cm³/mol. The largest absolute Gasteiger partial charge is 0.481 e. The Bertz CT molecular complexity index is 219. The van der Waals surface area contributed by atoms with E-state index in [2.05, 4.69) is 10.6 Å². The van der Waals surface area contributed by atoms with Gasteiger partial charge in [-0.25, -0.2) is 0 Å². The van der Waals surface area contributed by atoms with Gasteiger partial charge in [0.1, 0.15) is 0 Å². The van der Waals surface area contributed by atoms with E-state index >= 15 is 0 Å². The third-order valence-corrected chi connectivity index (χ3v) is 2.36. The second kappa shape index (κ2) is 7.23. The summed E-state index contributed by atoms with van der Waals surface area (Å²) in [6, 6.07) is -0.329. The fourth-order valence-corrected chi connectivity index (χ4v) is 1.09. The molecule has 0 saturated carbocycles. The van der Waals surface area contributed by atoms with Gasteiger partial charge in [-0.15, -0.1) is 0 Å². The van der Waals surface area contributed by atoms with Gasteiger partial charge >= 0.3 is 5.97 Å². The molecule has 5 nitrogen and oxygen atoms in total. The van der Waals surface area contributed by atoms with Crippen LogP contribution < -0.4 is 10.6 Å². The molecule has 0 saturated heterocycles. The van der Waals surface area contributed by atoms with Crippen molar-refractivity contribution in [2.75, 3.05) is 13.6 Å². The first-order valence-corrected chi connectivity index (χ1v) is 5.15. The predicted octanol–water partition coefficient (Wildman–Crippen LogP) is 0.211. The molecule has 3 N–H and O–H groups in total. The van der Waals surface area contributed by atoms with Crippen molar-refractivity contribution in [1.82, 2.24) is 10.6 Å². The Morgan fingerprint density at radius 1 is 1.33 bits per heavy atom. The number of hydrogen-bond donors (Lipinski definition) is 3. The molecule has 0 aliphatic heterocycles. The average Bonchev–Trinajstić information content (AvgIpc) is 2.16. The van der Waals surface area contributed by atoms with E-state index in [1.807, 2.05) is 7.05 Å². The van der Waals surface area contributed by atoms with E-state index in [1.165, 1.54) is 0 Å². The van der Waals surface area contributed by atoms with Gasteiger partial charge < -0.3 is 15.7 Å². The number of aliphatic carboxylic acids is 1. The van der Waals surface area contributed by atoms with E-state index in [-0.39, 0.29) is 11.9 Å². The topological polar surface area (TPSA) is 78.4 Å². The highest BCUT2D eigenvalue weighted by molar-refractivity contribution is 5.77. The summed E-state index contributed by atoms with van der Waals surface area (Å²) >= 11 is 0. The molecule has 0 spiro atoms. The zero-order chi connectivity index (χ0) is 11.8. The third kappa shape index (κ3) is 6.06. The van der Waals surface area contributed by atoms with Crippen LogP contribution >= 0.6 is 0 Å². The van der Waals surface area contributed by atoms with Gasteiger partial charge in [0.15, 0.2) is 0 Å². The maximum Gasteiger partial charge on any atom is 0.308 e. The first kappa shape index (κ1) is 13.9. The second-order valence-electron chi connectivity index (χ2n) is 3.69. The molecule has 1 amide bonds. The van der Waals surface area contributed by atoms with Crippen LogP contribution in [0.5, 0.6) is 0 Å². The molecule has 0 bridgehead atoms. The van der Waals surface area contributed by atoms with E-state index in [0.717, 1.165) is 13.0 Å². The third-order valence-electron chi connectivity index (χ3n) is 2.36. The smallest absolute Gasteiger partial charge is 0.308 e. The maximum atomic E-state index is 11.3. The Morgan fingerprint density at radius 2 is 1.93 bits per heavy atom. The fraction of sp³-hybridized carbons (Fsp3) is 0.800. The first-order valence-electron chi connectivity index (χ1n) is 5.15. The minimum atomic E-state index is -0.891. The number of hydrogen-bond acceptors (Lipinski definition) is 3. The van der Waals surface area contributed by atoms with Gasteiger partial charge in [-0.1, -0.05) is 0 Å². The molecule has 15 heavy (non-hydrogen) atoms. The van der Waals surface area contributed by atoms with E-state index in [0.29, 0.717) is 6.42 Å². The van der Waals surface area contributed by atoms with Crippen LogP contribution in [0.2, 0.25) is 0 Å². The number of carboxylic acids is 1. The highest BCUT2D eigenvalue weighted by atomic mass is 16.4. The van der Waals surface area contributed by atoms with Crippen molar-refractivity contribution < 1.29 is 14.7 Å². The van der Waals surface area contributed by atoms with Crippen molar-refractivity contribution in [3.8, 4) is 0 Å². The fourth-order valence-electron chi connectivity index (χ4n) is 1.09. The molecule has 0 aromatic heterocycles. The molecule has 0 aliphatic rings. The Balaban J connectivity index is 3.80. The highest BCUT2D eigenvalue weighted by Crippen LogP contribution is 2.02. The normalized spacial score (nSPS) is 14.3. The summed E-state index contributed by atoms with van der Waals surface area (Å²) < 4.78 is 0. The van der Waals surface area contributed by atoms with Crippen molar-refractivity contribution in [1.29, 1.82) is 0 Å². The Kier molecular flexibility index (Phi) is 6.70. The SMILES string of the molecule is CNCCCC(=O)NC(C)C(C)C(=O)O. The molecule has 5 heteroatoms. The molecule has 0 fully saturated rings. The van der Waals surface area contributed by atoms with Crippen LogP contribution in [0, 0.1) is 5.92 Å². The van der Waals surface area contributed by atoms with Crippen molar-refractivity contribution in [3.63, 3.8) is 0 Å². The molecule has 2 atom stereocenters. The molecule has 0 aromatic carbocycles. The van der Waals surface area contributed by atoms with Gasteiger partial charge in [0, 0.05) is 12.5 Å². The average molecular weight is 216 g/mol. The lowest BCUT2D eigenvalue weighted by Crippen LogP contribution is -2.40. The Hall–Kier alpha value is -1.10. The standard InChI is InChI=1S/C10H20N2O3/c1-7(10(14)15)8(2)12-9(13)5-4-6-11-3/h7-8,11H,4-6H2,1-3H3,(H,12,13)(H,14,15). The van der Waals surface area contributed by atoms with Crippen LogP contribution in [0.15, 0.2) is 0 Å². The van der Waals surface area contributed by atoms with Crippen LogP contribution in [-0.4, -0.2) is 36.6 Å². The van der Waals surface area contributed by atoms with Gasteiger partial charge in [0.25, 0.3) is 0 Å². The van der Waals surface area contributed by atoms with Crippen LogP contribution in [0.25, 0.3) is 0 Å². The summed E-state index contributed by atoms with van der Waals surface area (Å²) in [5.74, 6) is -1.54. The van der Waals surface area contributed by atoms with Gasteiger partial charge in [-0.05, 0) is 33.9 Å². The van der Waals surface area contributed by atoms with Crippen LogP contribution in [0.1, 0.15) is 26.7 Å². The Morgan fingerprint density at radius 3 is 2.40 bits per heavy atom. The van der Waals surface area contributed by atoms with Gasteiger partial charge in [-0.2, -0.15) is 0 Å². The minimum absolute atomic E-state index is 0.0918. The monoisotopic (exact) mass is 216 g/mol. The maximum absolute atomic E-state index is 11.3. The molecule has 0 aliphatic carbocycles. The molecular formula is C10H20N2O3. The van der Waals surface area contributed by atoms with Crippen LogP contribution in [0.4, 0.5) is 0 Å². The molecule has 0 heterocycles. The number of carbonyl (C=O) groups is 2. The lowest BCUT2D eigenvalue weighted by Gasteiger charge is -2.17. The summed E-state index contributed by atoms with van der Waals surface area (Å²) in [7, 11) is 1.83. The van der Waals surface area contributed by atoms with Gasteiger partial charge in [-0.3, -0.25) is 9.59 Å². The quantitative estimate of drug-likeness (QED) is 0.532. The first-order chi connectivity index (χ1) is 6.99. The van der Waals surface area contributed by atoms with Gasteiger partial charge in [0.05, 0.1) is 5.92 Å². The summed E-state index contributed by atoms with van der Waals surface area (Å²) in [5, 5.41) is 14.3. The summed E-state index contributed by atoms with van der Waals surface area (Å²) in [5.41, 5.74) is 0. The lowest BCUT2D eigenvalue weighted by molar-refractivity contribution is -0.142. The molecule has 0 aromatic rings. The van der Waals surface area contributed by atoms with Crippen LogP contribution in [-0.2, 0) is 9.59 Å². The summed E-state index contributed by atoms with van der Waals surface area (Å²) in [6.07, 6.45) is 1.19. The minimum Gasteiger partial charge on any atom is -0.481 e. The number of carbonyl (C=O) groups excluding carboxylic acids is 1. The summed E-state index contributed by atoms with van der Waals surface area (Å²) in [4.78, 5) is 21.9. The summed E-state index contributed by atoms with van der Waals surface area (Å²) in [6.45, 7) is 4.08. The van der Waals surface area contributed by atoms with Crippen LogP contribution in [0.3, 0.4) is 0 Å². The van der Waals surface area contributed by atoms with Gasteiger partial charge in [0.2, 0.25) is 5.91 Å². The van der Waals surface area contributed by atoms with E-state index in [4.69, 9.17) is 5.11 Å². The van der Waals surface area contributed by atoms with E-state index in [9.17, 15) is 9.59 Å². The highest BCUT2D eigenvalue weighted by Gasteiger charge is 2.20. The number of carboxylic acid groups (broad SMARTS) is 1. The van der Waals surface area contributed by atoms with Crippen molar-refractivity contribution >= 4 is 11.9 Å². The number of amides is 1. The second-order valence-corrected chi connectivity index (χ2v) is 3.69. The zero-order valence-corrected chi connectivity index (χ0v) is 9.54. The zero-order valence-electron chi connectivity index (χ0n) is 9.54. The molecule has 0 rings (SSSR count). The molecule has 2 unspecified atom stereocenters. The molecule has 88 valence electrons. The van der Waals surface area contributed by atoms with Crippen molar-refractivity contribution in [2.24, 2.45) is 5.92 Å². The molecule has 0 radical (unpaired) electrons.